The zero-order valence-corrected chi connectivity index (χ0v) is 9.62. The van der Waals surface area contributed by atoms with Crippen molar-refractivity contribution >= 4 is 44.1 Å². The lowest BCUT2D eigenvalue weighted by Crippen LogP contribution is -2.30. The summed E-state index contributed by atoms with van der Waals surface area (Å²) >= 11 is 4.78. The normalized spacial score (nSPS) is 29.5. The molecule has 1 aliphatic rings. The molecule has 0 aromatic rings. The van der Waals surface area contributed by atoms with Crippen molar-refractivity contribution in [3.63, 3.8) is 0 Å². The average Bonchev–Trinajstić information content (AvgIpc) is 2.29. The first kappa shape index (κ1) is 10.5. The molecule has 1 aliphatic heterocycles. The molecule has 0 aliphatic carbocycles. The standard InChI is InChI=1S/C5H9BrN2O2S2/c1-12(9,10)8-3-4-2-7-11-5(4)6/h2,4-5,8H,3H2,1H3. The van der Waals surface area contributed by atoms with Crippen LogP contribution in [0.4, 0.5) is 0 Å². The zero-order valence-electron chi connectivity index (χ0n) is 6.40. The molecule has 1 heterocycles. The SMILES string of the molecule is CS(=O)(=O)NCC1C=NSC1Br. The Hall–Kier alpha value is 0.410. The minimum absolute atomic E-state index is 0.143. The second-order valence-corrected chi connectivity index (χ2v) is 6.85. The number of halogens is 1. The number of nitrogens with zero attached hydrogens (tertiary/aromatic N) is 1. The second-order valence-electron chi connectivity index (χ2n) is 2.50. The number of alkyl halides is 1. The minimum atomic E-state index is -3.08. The van der Waals surface area contributed by atoms with Gasteiger partial charge in [0.05, 0.1) is 10.4 Å². The van der Waals surface area contributed by atoms with E-state index >= 15 is 0 Å². The fourth-order valence-electron chi connectivity index (χ4n) is 0.710. The van der Waals surface area contributed by atoms with E-state index in [2.05, 4.69) is 25.0 Å². The van der Waals surface area contributed by atoms with Crippen molar-refractivity contribution in [3.05, 3.63) is 0 Å². The van der Waals surface area contributed by atoms with E-state index in [4.69, 9.17) is 0 Å². The van der Waals surface area contributed by atoms with Gasteiger partial charge < -0.3 is 0 Å². The smallest absolute Gasteiger partial charge is 0.208 e. The molecule has 0 spiro atoms. The molecule has 4 nitrogen and oxygen atoms in total. The van der Waals surface area contributed by atoms with Crippen LogP contribution in [0.3, 0.4) is 0 Å². The van der Waals surface area contributed by atoms with Crippen LogP contribution in [0, 0.1) is 5.92 Å². The van der Waals surface area contributed by atoms with Gasteiger partial charge in [-0.2, -0.15) is 0 Å². The van der Waals surface area contributed by atoms with Crippen LogP contribution in [-0.2, 0) is 10.0 Å². The molecule has 2 unspecified atom stereocenters. The lowest BCUT2D eigenvalue weighted by atomic mass is 10.2. The molecule has 0 fully saturated rings. The molecule has 0 aromatic heterocycles. The summed E-state index contributed by atoms with van der Waals surface area (Å²) in [5, 5.41) is 0. The Bertz CT molecular complexity index is 277. The van der Waals surface area contributed by atoms with Gasteiger partial charge in [-0.15, -0.1) is 0 Å². The molecule has 7 heteroatoms. The van der Waals surface area contributed by atoms with E-state index < -0.39 is 10.0 Å². The van der Waals surface area contributed by atoms with Crippen LogP contribution in [0.5, 0.6) is 0 Å². The predicted molar refractivity (Wildman–Crippen MR) is 55.1 cm³/mol. The van der Waals surface area contributed by atoms with Crippen LogP contribution in [0.25, 0.3) is 0 Å². The first-order valence-electron chi connectivity index (χ1n) is 3.27. The molecule has 0 saturated heterocycles. The molecule has 0 saturated carbocycles. The number of hydrogen-bond donors (Lipinski definition) is 1. The molecule has 1 rings (SSSR count). The second kappa shape index (κ2) is 4.08. The predicted octanol–water partition coefficient (Wildman–Crippen LogP) is 0.605. The highest BCUT2D eigenvalue weighted by Gasteiger charge is 2.23. The summed E-state index contributed by atoms with van der Waals surface area (Å²) in [7, 11) is -3.08. The van der Waals surface area contributed by atoms with Gasteiger partial charge in [0.15, 0.2) is 0 Å². The van der Waals surface area contributed by atoms with Crippen LogP contribution in [0.15, 0.2) is 4.40 Å². The molecule has 2 atom stereocenters. The molecule has 1 N–H and O–H groups in total. The van der Waals surface area contributed by atoms with Crippen LogP contribution < -0.4 is 4.72 Å². The fourth-order valence-corrected chi connectivity index (χ4v) is 2.48. The van der Waals surface area contributed by atoms with E-state index in [0.717, 1.165) is 6.26 Å². The monoisotopic (exact) mass is 272 g/mol. The quantitative estimate of drug-likeness (QED) is 0.605. The molecule has 12 heavy (non-hydrogen) atoms. The topological polar surface area (TPSA) is 58.5 Å². The number of hydrogen-bond acceptors (Lipinski definition) is 4. The fraction of sp³-hybridized carbons (Fsp3) is 0.800. The van der Waals surface area contributed by atoms with E-state index in [-0.39, 0.29) is 10.1 Å². The van der Waals surface area contributed by atoms with E-state index in [9.17, 15) is 8.42 Å². The van der Waals surface area contributed by atoms with Crippen LogP contribution in [0.1, 0.15) is 0 Å². The Labute approximate surface area is 84.5 Å². The Balaban J connectivity index is 2.38. The third kappa shape index (κ3) is 3.42. The van der Waals surface area contributed by atoms with Gasteiger partial charge in [-0.3, -0.25) is 0 Å². The Morgan fingerprint density at radius 3 is 2.83 bits per heavy atom. The first-order valence-corrected chi connectivity index (χ1v) is 6.91. The van der Waals surface area contributed by atoms with Crippen molar-refractivity contribution in [2.45, 2.75) is 4.16 Å². The lowest BCUT2D eigenvalue weighted by Gasteiger charge is -2.09. The molecule has 70 valence electrons. The molecule has 0 radical (unpaired) electrons. The molecule has 0 aromatic carbocycles. The molecular formula is C5H9BrN2O2S2. The molecular weight excluding hydrogens is 264 g/mol. The number of nitrogens with one attached hydrogen (secondary N) is 1. The highest BCUT2D eigenvalue weighted by atomic mass is 79.9. The van der Waals surface area contributed by atoms with Crippen molar-refractivity contribution in [2.24, 2.45) is 10.3 Å². The van der Waals surface area contributed by atoms with Gasteiger partial charge in [0.25, 0.3) is 0 Å². The van der Waals surface area contributed by atoms with E-state index in [1.54, 1.807) is 6.21 Å². The highest BCUT2D eigenvalue weighted by molar-refractivity contribution is 9.11. The minimum Gasteiger partial charge on any atom is -0.227 e. The van der Waals surface area contributed by atoms with Crippen molar-refractivity contribution in [2.75, 3.05) is 12.8 Å². The summed E-state index contributed by atoms with van der Waals surface area (Å²) in [6, 6.07) is 0. The number of sulfonamides is 1. The van der Waals surface area contributed by atoms with Gasteiger partial charge in [0, 0.05) is 18.7 Å². The van der Waals surface area contributed by atoms with Gasteiger partial charge in [0.2, 0.25) is 10.0 Å². The summed E-state index contributed by atoms with van der Waals surface area (Å²) in [5.41, 5.74) is 0. The summed E-state index contributed by atoms with van der Waals surface area (Å²) < 4.78 is 28.0. The third-order valence-corrected chi connectivity index (χ3v) is 4.00. The van der Waals surface area contributed by atoms with Gasteiger partial charge in [0.1, 0.15) is 0 Å². The van der Waals surface area contributed by atoms with E-state index in [1.165, 1.54) is 11.9 Å². The van der Waals surface area contributed by atoms with Crippen LogP contribution in [0.2, 0.25) is 0 Å². The molecule has 0 bridgehead atoms. The van der Waals surface area contributed by atoms with E-state index in [0.29, 0.717) is 6.54 Å². The highest BCUT2D eigenvalue weighted by Crippen LogP contribution is 2.30. The number of rotatable bonds is 3. The maximum absolute atomic E-state index is 10.7. The zero-order chi connectivity index (χ0) is 9.19. The Morgan fingerprint density at radius 2 is 2.42 bits per heavy atom. The maximum Gasteiger partial charge on any atom is 0.208 e. The Morgan fingerprint density at radius 1 is 1.75 bits per heavy atom. The molecule has 0 amide bonds. The van der Waals surface area contributed by atoms with Crippen molar-refractivity contribution < 1.29 is 8.42 Å². The van der Waals surface area contributed by atoms with E-state index in [1.807, 2.05) is 0 Å². The summed E-state index contributed by atoms with van der Waals surface area (Å²) in [6.07, 6.45) is 2.90. The van der Waals surface area contributed by atoms with Gasteiger partial charge in [-0.25, -0.2) is 17.5 Å². The summed E-state index contributed by atoms with van der Waals surface area (Å²) in [6.45, 7) is 0.408. The van der Waals surface area contributed by atoms with Crippen molar-refractivity contribution in [1.82, 2.24) is 4.72 Å². The van der Waals surface area contributed by atoms with Gasteiger partial charge in [-0.05, 0) is 11.9 Å². The van der Waals surface area contributed by atoms with Crippen LogP contribution in [-0.4, -0.2) is 31.6 Å². The van der Waals surface area contributed by atoms with Crippen molar-refractivity contribution in [1.29, 1.82) is 0 Å². The van der Waals surface area contributed by atoms with Crippen molar-refractivity contribution in [3.8, 4) is 0 Å². The Kier molecular flexibility index (Phi) is 3.57. The summed E-state index contributed by atoms with van der Waals surface area (Å²) in [5.74, 6) is 0.143. The summed E-state index contributed by atoms with van der Waals surface area (Å²) in [4.78, 5) is 0. The lowest BCUT2D eigenvalue weighted by molar-refractivity contribution is 0.582. The maximum atomic E-state index is 10.7. The third-order valence-electron chi connectivity index (χ3n) is 1.33. The average molecular weight is 273 g/mol. The van der Waals surface area contributed by atoms with Gasteiger partial charge >= 0.3 is 0 Å². The van der Waals surface area contributed by atoms with Crippen LogP contribution >= 0.6 is 27.9 Å². The first-order chi connectivity index (χ1) is 5.49. The van der Waals surface area contributed by atoms with Gasteiger partial charge in [-0.1, -0.05) is 15.9 Å². The largest absolute Gasteiger partial charge is 0.227 e.